The molecule has 0 spiro atoms. The molecule has 0 aromatic carbocycles. The molecule has 3 N–H and O–H groups in total. The molecule has 0 radical (unpaired) electrons. The van der Waals surface area contributed by atoms with E-state index in [2.05, 4.69) is 10.6 Å². The molecule has 0 unspecified atom stereocenters. The van der Waals surface area contributed by atoms with Crippen LogP contribution in [0, 0.1) is 5.41 Å². The lowest BCUT2D eigenvalue weighted by molar-refractivity contribution is -0.139. The van der Waals surface area contributed by atoms with Crippen LogP contribution >= 0.6 is 0 Å². The molecule has 1 atom stereocenters. The Kier molecular flexibility index (Phi) is 5.85. The van der Waals surface area contributed by atoms with Crippen molar-refractivity contribution in [3.63, 3.8) is 0 Å². The summed E-state index contributed by atoms with van der Waals surface area (Å²) < 4.78 is 0. The Morgan fingerprint density at radius 2 is 1.88 bits per heavy atom. The van der Waals surface area contributed by atoms with Crippen molar-refractivity contribution in [1.29, 1.82) is 0 Å². The van der Waals surface area contributed by atoms with Crippen molar-refractivity contribution in [1.82, 2.24) is 10.6 Å². The topological polar surface area (TPSA) is 78.4 Å². The van der Waals surface area contributed by atoms with Crippen molar-refractivity contribution < 1.29 is 14.7 Å². The third kappa shape index (κ3) is 7.09. The van der Waals surface area contributed by atoms with Crippen molar-refractivity contribution in [2.24, 2.45) is 5.41 Å². The van der Waals surface area contributed by atoms with Crippen LogP contribution in [0.15, 0.2) is 0 Å². The Hall–Kier alpha value is -1.26. The maximum atomic E-state index is 11.4. The summed E-state index contributed by atoms with van der Waals surface area (Å²) >= 11 is 0. The van der Waals surface area contributed by atoms with Gasteiger partial charge in [-0.2, -0.15) is 0 Å². The van der Waals surface area contributed by atoms with Crippen LogP contribution < -0.4 is 10.6 Å². The van der Waals surface area contributed by atoms with E-state index >= 15 is 0 Å². The second-order valence-corrected chi connectivity index (χ2v) is 5.07. The van der Waals surface area contributed by atoms with Gasteiger partial charge in [0.05, 0.1) is 0 Å². The smallest absolute Gasteiger partial charge is 0.326 e. The van der Waals surface area contributed by atoms with Crippen molar-refractivity contribution in [3.8, 4) is 0 Å². The highest BCUT2D eigenvalue weighted by Crippen LogP contribution is 2.10. The summed E-state index contributed by atoms with van der Waals surface area (Å²) in [7, 11) is 0. The van der Waals surface area contributed by atoms with E-state index < -0.39 is 18.0 Å². The maximum absolute atomic E-state index is 11.4. The van der Waals surface area contributed by atoms with Gasteiger partial charge in [0, 0.05) is 6.54 Å². The first-order valence-corrected chi connectivity index (χ1v) is 5.53. The first-order valence-electron chi connectivity index (χ1n) is 5.53. The lowest BCUT2D eigenvalue weighted by Crippen LogP contribution is -2.47. The summed E-state index contributed by atoms with van der Waals surface area (Å²) in [6, 6.07) is -1.22. The van der Waals surface area contributed by atoms with Crippen LogP contribution in [0.25, 0.3) is 0 Å². The molecule has 0 rings (SSSR count). The number of amides is 2. The average molecular weight is 230 g/mol. The predicted molar refractivity (Wildman–Crippen MR) is 62.3 cm³/mol. The fourth-order valence-electron chi connectivity index (χ4n) is 1.10. The third-order valence-corrected chi connectivity index (χ3v) is 1.96. The van der Waals surface area contributed by atoms with Crippen LogP contribution in [0.4, 0.5) is 4.79 Å². The van der Waals surface area contributed by atoms with Gasteiger partial charge in [-0.25, -0.2) is 9.59 Å². The summed E-state index contributed by atoms with van der Waals surface area (Å²) in [6.45, 7) is 8.37. The highest BCUT2D eigenvalue weighted by molar-refractivity contribution is 5.82. The first kappa shape index (κ1) is 14.7. The molecule has 0 aromatic heterocycles. The zero-order chi connectivity index (χ0) is 12.8. The SMILES string of the molecule is CCC[C@@H](NC(=O)NCC(C)(C)C)C(=O)O. The molecule has 0 aliphatic heterocycles. The Morgan fingerprint density at radius 3 is 2.25 bits per heavy atom. The van der Waals surface area contributed by atoms with Crippen molar-refractivity contribution in [2.75, 3.05) is 6.54 Å². The largest absolute Gasteiger partial charge is 0.480 e. The first-order chi connectivity index (χ1) is 7.26. The normalized spacial score (nSPS) is 13.0. The van der Waals surface area contributed by atoms with Crippen molar-refractivity contribution in [2.45, 2.75) is 46.6 Å². The fourth-order valence-corrected chi connectivity index (χ4v) is 1.10. The minimum Gasteiger partial charge on any atom is -0.480 e. The van der Waals surface area contributed by atoms with Crippen LogP contribution in [-0.2, 0) is 4.79 Å². The summed E-state index contributed by atoms with van der Waals surface area (Å²) in [5, 5.41) is 13.9. The number of carboxylic acids is 1. The zero-order valence-corrected chi connectivity index (χ0v) is 10.5. The monoisotopic (exact) mass is 230 g/mol. The third-order valence-electron chi connectivity index (χ3n) is 1.96. The van der Waals surface area contributed by atoms with Gasteiger partial charge < -0.3 is 15.7 Å². The molecule has 16 heavy (non-hydrogen) atoms. The Labute approximate surface area is 96.6 Å². The highest BCUT2D eigenvalue weighted by atomic mass is 16.4. The standard InChI is InChI=1S/C11H22N2O3/c1-5-6-8(9(14)15)13-10(16)12-7-11(2,3)4/h8H,5-7H2,1-4H3,(H,14,15)(H2,12,13,16)/t8-/m1/s1. The Morgan fingerprint density at radius 1 is 1.31 bits per heavy atom. The molecule has 94 valence electrons. The Bertz CT molecular complexity index is 246. The van der Waals surface area contributed by atoms with Crippen LogP contribution in [0.2, 0.25) is 0 Å². The summed E-state index contributed by atoms with van der Waals surface area (Å²) in [6.07, 6.45) is 1.16. The van der Waals surface area contributed by atoms with Crippen LogP contribution in [-0.4, -0.2) is 29.7 Å². The molecule has 0 aromatic rings. The van der Waals surface area contributed by atoms with E-state index in [4.69, 9.17) is 5.11 Å². The van der Waals surface area contributed by atoms with Gasteiger partial charge in [-0.05, 0) is 11.8 Å². The lowest BCUT2D eigenvalue weighted by Gasteiger charge is -2.20. The number of urea groups is 1. The van der Waals surface area contributed by atoms with Gasteiger partial charge in [0.15, 0.2) is 0 Å². The fraction of sp³-hybridized carbons (Fsp3) is 0.818. The molecular weight excluding hydrogens is 208 g/mol. The van der Waals surface area contributed by atoms with Gasteiger partial charge in [-0.15, -0.1) is 0 Å². The molecule has 5 nitrogen and oxygen atoms in total. The molecule has 0 heterocycles. The van der Waals surface area contributed by atoms with Gasteiger partial charge in [-0.1, -0.05) is 34.1 Å². The molecule has 0 aliphatic rings. The van der Waals surface area contributed by atoms with Crippen LogP contribution in [0.1, 0.15) is 40.5 Å². The number of hydrogen-bond donors (Lipinski definition) is 3. The van der Waals surface area contributed by atoms with E-state index in [1.165, 1.54) is 0 Å². The molecule has 0 fully saturated rings. The van der Waals surface area contributed by atoms with Crippen molar-refractivity contribution >= 4 is 12.0 Å². The quantitative estimate of drug-likeness (QED) is 0.671. The van der Waals surface area contributed by atoms with Crippen LogP contribution in [0.3, 0.4) is 0 Å². The predicted octanol–water partition coefficient (Wildman–Crippen LogP) is 1.59. The molecule has 0 bridgehead atoms. The number of rotatable bonds is 5. The van der Waals surface area contributed by atoms with Gasteiger partial charge in [0.2, 0.25) is 0 Å². The average Bonchev–Trinajstić information content (AvgIpc) is 2.13. The molecule has 0 aliphatic carbocycles. The van der Waals surface area contributed by atoms with E-state index in [1.807, 2.05) is 27.7 Å². The number of hydrogen-bond acceptors (Lipinski definition) is 2. The minimum atomic E-state index is -0.993. The molecular formula is C11H22N2O3. The number of aliphatic carboxylic acids is 1. The van der Waals surface area contributed by atoms with E-state index in [0.29, 0.717) is 13.0 Å². The molecule has 0 saturated carbocycles. The second kappa shape index (κ2) is 6.35. The summed E-state index contributed by atoms with van der Waals surface area (Å²) in [5.41, 5.74) is -0.0131. The zero-order valence-electron chi connectivity index (χ0n) is 10.5. The number of carbonyl (C=O) groups is 2. The van der Waals surface area contributed by atoms with Gasteiger partial charge in [0.1, 0.15) is 6.04 Å². The molecule has 5 heteroatoms. The van der Waals surface area contributed by atoms with E-state index in [9.17, 15) is 9.59 Å². The van der Waals surface area contributed by atoms with Crippen LogP contribution in [0.5, 0.6) is 0 Å². The van der Waals surface area contributed by atoms with E-state index in [1.54, 1.807) is 0 Å². The minimum absolute atomic E-state index is 0.0131. The van der Waals surface area contributed by atoms with Gasteiger partial charge in [-0.3, -0.25) is 0 Å². The highest BCUT2D eigenvalue weighted by Gasteiger charge is 2.19. The summed E-state index contributed by atoms with van der Waals surface area (Å²) in [5.74, 6) is -0.993. The molecule has 0 saturated heterocycles. The van der Waals surface area contributed by atoms with Gasteiger partial charge >= 0.3 is 12.0 Å². The number of carboxylic acid groups (broad SMARTS) is 1. The van der Waals surface area contributed by atoms with E-state index in [-0.39, 0.29) is 5.41 Å². The lowest BCUT2D eigenvalue weighted by atomic mass is 9.97. The van der Waals surface area contributed by atoms with Crippen molar-refractivity contribution in [3.05, 3.63) is 0 Å². The second-order valence-electron chi connectivity index (χ2n) is 5.07. The number of carbonyl (C=O) groups excluding carboxylic acids is 1. The molecule has 2 amide bonds. The van der Waals surface area contributed by atoms with E-state index in [0.717, 1.165) is 6.42 Å². The number of nitrogens with one attached hydrogen (secondary N) is 2. The Balaban J connectivity index is 4.05. The summed E-state index contributed by atoms with van der Waals surface area (Å²) in [4.78, 5) is 22.2. The maximum Gasteiger partial charge on any atom is 0.326 e. The van der Waals surface area contributed by atoms with Gasteiger partial charge in [0.25, 0.3) is 0 Å².